The number of amides is 3. The number of pyridine rings is 1. The van der Waals surface area contributed by atoms with Crippen LogP contribution in [-0.4, -0.2) is 89.8 Å². The predicted molar refractivity (Wildman–Crippen MR) is 195 cm³/mol. The van der Waals surface area contributed by atoms with Crippen LogP contribution in [0.4, 0.5) is 0 Å². The number of nitrogens with one attached hydrogen (secondary N) is 2. The van der Waals surface area contributed by atoms with Gasteiger partial charge in [0.05, 0.1) is 23.9 Å². The van der Waals surface area contributed by atoms with Gasteiger partial charge in [-0.1, -0.05) is 12.2 Å². The first kappa shape index (κ1) is 36.3. The Bertz CT molecular complexity index is 2060. The highest BCUT2D eigenvalue weighted by Gasteiger charge is 2.63. The standard InChI is InChI=1S/C37H45N5O8S2/c1-21-20-51-33(38-21)27-17-30(26-11-12-29(48-5)22(2)31(26)39-27)50-25-16-28-32(43)40-37(35(45)41-52(46,47)36(4)13-14-36)18-24(37)10-8-6-7-9-15-49-23(3)34(44)42(28)19-25/h8,10-12,17,20,23-25,28H,6-7,9,13-16,18-19H2,1-5H3,(H,40,43)(H,41,45)/b10-8-/t23-,24-,25-,28+,37-/m1/s1. The molecule has 2 N–H and O–H groups in total. The van der Waals surface area contributed by atoms with Crippen LogP contribution >= 0.6 is 11.3 Å². The van der Waals surface area contributed by atoms with Crippen LogP contribution in [0.3, 0.4) is 0 Å². The number of thiazole rings is 1. The molecule has 0 bridgehead atoms. The maximum Gasteiger partial charge on any atom is 0.259 e. The lowest BCUT2D eigenvalue weighted by molar-refractivity contribution is -0.147. The average Bonchev–Trinajstić information content (AvgIpc) is 3.91. The molecule has 0 spiro atoms. The van der Waals surface area contributed by atoms with Gasteiger partial charge in [0, 0.05) is 47.0 Å². The average molecular weight is 752 g/mol. The SMILES string of the molecule is COc1ccc2c(O[C@@H]3C[C@H]4C(=O)N[C@]5(C(=O)NS(=O)(=O)C6(C)CC6)C[C@H]5/C=C\CCCCO[C@H](C)C(=O)N4C3)cc(-c3nc(C)cs3)nc2c1C. The summed E-state index contributed by atoms with van der Waals surface area (Å²) in [6.45, 7) is 7.59. The Morgan fingerprint density at radius 2 is 1.94 bits per heavy atom. The van der Waals surface area contributed by atoms with E-state index in [-0.39, 0.29) is 25.3 Å². The molecule has 5 atom stereocenters. The van der Waals surface area contributed by atoms with E-state index in [9.17, 15) is 22.8 Å². The summed E-state index contributed by atoms with van der Waals surface area (Å²) in [6.07, 6.45) is 5.96. The third kappa shape index (κ3) is 6.78. The van der Waals surface area contributed by atoms with Crippen molar-refractivity contribution >= 4 is 50.0 Å². The number of carbonyl (C=O) groups is 3. The van der Waals surface area contributed by atoms with Crippen LogP contribution in [0, 0.1) is 19.8 Å². The minimum Gasteiger partial charge on any atom is -0.496 e. The van der Waals surface area contributed by atoms with Gasteiger partial charge in [-0.05, 0) is 78.4 Å². The third-order valence-corrected chi connectivity index (χ3v) is 13.9. The van der Waals surface area contributed by atoms with Crippen molar-refractivity contribution in [3.63, 3.8) is 0 Å². The van der Waals surface area contributed by atoms with Gasteiger partial charge in [-0.3, -0.25) is 19.1 Å². The minimum absolute atomic E-state index is 0.0878. The number of nitrogens with zero attached hydrogens (tertiary/aromatic N) is 3. The fraction of sp³-hybridized carbons (Fsp3) is 0.541. The number of rotatable bonds is 7. The molecule has 1 aromatic carbocycles. The molecule has 278 valence electrons. The molecule has 3 amide bonds. The first-order chi connectivity index (χ1) is 24.7. The largest absolute Gasteiger partial charge is 0.496 e. The summed E-state index contributed by atoms with van der Waals surface area (Å²) in [4.78, 5) is 53.0. The highest BCUT2D eigenvalue weighted by Crippen LogP contribution is 2.47. The number of hydrogen-bond donors (Lipinski definition) is 2. The lowest BCUT2D eigenvalue weighted by atomic mass is 10.1. The topological polar surface area (TPSA) is 166 Å². The Morgan fingerprint density at radius 1 is 1.15 bits per heavy atom. The molecule has 1 saturated heterocycles. The number of fused-ring (bicyclic) bond motifs is 3. The predicted octanol–water partition coefficient (Wildman–Crippen LogP) is 4.35. The number of ether oxygens (including phenoxy) is 3. The second kappa shape index (κ2) is 13.7. The van der Waals surface area contributed by atoms with Crippen LogP contribution in [0.2, 0.25) is 0 Å². The summed E-state index contributed by atoms with van der Waals surface area (Å²) in [6, 6.07) is 4.55. The zero-order valence-corrected chi connectivity index (χ0v) is 31.7. The lowest BCUT2D eigenvalue weighted by Gasteiger charge is -2.28. The fourth-order valence-electron chi connectivity index (χ4n) is 7.09. The quantitative estimate of drug-likeness (QED) is 0.332. The molecule has 7 rings (SSSR count). The Kier molecular flexibility index (Phi) is 9.57. The van der Waals surface area contributed by atoms with E-state index in [1.807, 2.05) is 49.6 Å². The van der Waals surface area contributed by atoms with Crippen LogP contribution in [0.1, 0.15) is 70.1 Å². The molecule has 15 heteroatoms. The van der Waals surface area contributed by atoms with Crippen molar-refractivity contribution in [1.29, 1.82) is 0 Å². The van der Waals surface area contributed by atoms with Crippen molar-refractivity contribution in [2.45, 2.75) is 101 Å². The zero-order chi connectivity index (χ0) is 37.0. The van der Waals surface area contributed by atoms with Crippen LogP contribution in [0.15, 0.2) is 35.7 Å². The summed E-state index contributed by atoms with van der Waals surface area (Å²) in [5.74, 6) is -0.882. The van der Waals surface area contributed by atoms with Gasteiger partial charge < -0.3 is 24.4 Å². The first-order valence-electron chi connectivity index (χ1n) is 17.8. The lowest BCUT2D eigenvalue weighted by Crippen LogP contribution is -2.57. The van der Waals surface area contributed by atoms with Crippen molar-refractivity contribution in [1.82, 2.24) is 24.9 Å². The maximum atomic E-state index is 14.3. The smallest absolute Gasteiger partial charge is 0.259 e. The van der Waals surface area contributed by atoms with Crippen LogP contribution in [0.5, 0.6) is 11.5 Å². The van der Waals surface area contributed by atoms with E-state index in [1.165, 1.54) is 16.2 Å². The van der Waals surface area contributed by atoms with E-state index < -0.39 is 56.3 Å². The molecular formula is C37H45N5O8S2. The van der Waals surface area contributed by atoms with Crippen molar-refractivity contribution in [3.05, 3.63) is 47.0 Å². The number of aromatic nitrogens is 2. The second-order valence-electron chi connectivity index (χ2n) is 14.7. The Morgan fingerprint density at radius 3 is 2.65 bits per heavy atom. The van der Waals surface area contributed by atoms with Gasteiger partial charge in [-0.25, -0.2) is 18.4 Å². The van der Waals surface area contributed by atoms with Gasteiger partial charge in [0.15, 0.2) is 0 Å². The number of hydrogen-bond acceptors (Lipinski definition) is 11. The Balaban J connectivity index is 1.21. The van der Waals surface area contributed by atoms with Crippen LogP contribution in [0.25, 0.3) is 21.6 Å². The maximum absolute atomic E-state index is 14.3. The van der Waals surface area contributed by atoms with Crippen molar-refractivity contribution in [3.8, 4) is 22.2 Å². The Hall–Kier alpha value is -4.08. The molecule has 0 radical (unpaired) electrons. The van der Waals surface area contributed by atoms with Crippen LogP contribution in [-0.2, 0) is 29.1 Å². The normalized spacial score (nSPS) is 28.1. The van der Waals surface area contributed by atoms with E-state index in [1.54, 1.807) is 21.0 Å². The van der Waals surface area contributed by atoms with Gasteiger partial charge in [0.2, 0.25) is 15.9 Å². The third-order valence-electron chi connectivity index (χ3n) is 10.8. The van der Waals surface area contributed by atoms with E-state index in [0.717, 1.165) is 40.9 Å². The number of carbonyl (C=O) groups excluding carboxylic acids is 3. The van der Waals surface area contributed by atoms with E-state index in [0.29, 0.717) is 42.2 Å². The molecule has 13 nitrogen and oxygen atoms in total. The number of allylic oxidation sites excluding steroid dienone is 1. The molecule has 2 aliphatic carbocycles. The molecule has 52 heavy (non-hydrogen) atoms. The molecule has 4 heterocycles. The number of benzene rings is 1. The van der Waals surface area contributed by atoms with Crippen molar-refractivity contribution < 1.29 is 37.0 Å². The van der Waals surface area contributed by atoms with Gasteiger partial charge in [0.25, 0.3) is 11.8 Å². The highest BCUT2D eigenvalue weighted by atomic mass is 32.2. The number of methoxy groups -OCH3 is 1. The van der Waals surface area contributed by atoms with Gasteiger partial charge >= 0.3 is 0 Å². The summed E-state index contributed by atoms with van der Waals surface area (Å²) in [7, 11) is -2.34. The second-order valence-corrected chi connectivity index (χ2v) is 17.7. The molecular weight excluding hydrogens is 707 g/mol. The van der Waals surface area contributed by atoms with E-state index >= 15 is 0 Å². The minimum atomic E-state index is -3.95. The summed E-state index contributed by atoms with van der Waals surface area (Å²) < 4.78 is 45.7. The number of aryl methyl sites for hydroxylation is 2. The van der Waals surface area contributed by atoms with Crippen molar-refractivity contribution in [2.75, 3.05) is 20.3 Å². The monoisotopic (exact) mass is 751 g/mol. The summed E-state index contributed by atoms with van der Waals surface area (Å²) >= 11 is 1.47. The summed E-state index contributed by atoms with van der Waals surface area (Å²) in [5, 5.41) is 6.33. The molecule has 4 aliphatic rings. The van der Waals surface area contributed by atoms with Crippen molar-refractivity contribution in [2.24, 2.45) is 5.92 Å². The van der Waals surface area contributed by atoms with Gasteiger partial charge in [-0.15, -0.1) is 11.3 Å². The number of sulfonamides is 1. The Labute approximate surface area is 307 Å². The molecule has 2 aliphatic heterocycles. The van der Waals surface area contributed by atoms with Gasteiger partial charge in [0.1, 0.15) is 46.0 Å². The first-order valence-corrected chi connectivity index (χ1v) is 20.2. The molecule has 3 aromatic rings. The van der Waals surface area contributed by atoms with E-state index in [4.69, 9.17) is 19.2 Å². The molecule has 2 aromatic heterocycles. The molecule has 0 unspecified atom stereocenters. The molecule has 3 fully saturated rings. The molecule has 2 saturated carbocycles. The van der Waals surface area contributed by atoms with E-state index in [2.05, 4.69) is 15.0 Å². The zero-order valence-electron chi connectivity index (χ0n) is 30.1. The van der Waals surface area contributed by atoms with Gasteiger partial charge in [-0.2, -0.15) is 0 Å². The fourth-order valence-corrected chi connectivity index (χ4v) is 9.16. The van der Waals surface area contributed by atoms with Crippen LogP contribution < -0.4 is 19.5 Å². The summed E-state index contributed by atoms with van der Waals surface area (Å²) in [5.41, 5.74) is 1.54. The highest BCUT2D eigenvalue weighted by molar-refractivity contribution is 7.91.